The molecule has 0 radical (unpaired) electrons. The van der Waals surface area contributed by atoms with E-state index in [0.717, 1.165) is 24.4 Å². The molecule has 0 N–H and O–H groups in total. The minimum atomic E-state index is 0.0447. The Labute approximate surface area is 167 Å². The van der Waals surface area contributed by atoms with Crippen molar-refractivity contribution >= 4 is 39.3 Å². The maximum atomic E-state index is 6.12. The van der Waals surface area contributed by atoms with Gasteiger partial charge in [-0.2, -0.15) is 0 Å². The highest BCUT2D eigenvalue weighted by atomic mass is 127. The van der Waals surface area contributed by atoms with E-state index in [9.17, 15) is 0 Å². The fourth-order valence-corrected chi connectivity index (χ4v) is 4.09. The molecule has 5 nitrogen and oxygen atoms in total. The number of anilines is 1. The summed E-state index contributed by atoms with van der Waals surface area (Å²) in [6.45, 7) is 3.60. The maximum Gasteiger partial charge on any atom is 0.140 e. The lowest BCUT2D eigenvalue weighted by Gasteiger charge is -2.25. The summed E-state index contributed by atoms with van der Waals surface area (Å²) >= 11 is 2.37. The second-order valence-electron chi connectivity index (χ2n) is 6.59. The van der Waals surface area contributed by atoms with Crippen molar-refractivity contribution in [3.8, 4) is 0 Å². The summed E-state index contributed by atoms with van der Waals surface area (Å²) in [6.07, 6.45) is 4.11. The van der Waals surface area contributed by atoms with Gasteiger partial charge in [0.1, 0.15) is 5.65 Å². The van der Waals surface area contributed by atoms with Crippen LogP contribution in [0.2, 0.25) is 0 Å². The molecule has 1 atom stereocenters. The molecule has 0 bridgehead atoms. The van der Waals surface area contributed by atoms with E-state index in [4.69, 9.17) is 9.47 Å². The molecule has 2 aromatic heterocycles. The van der Waals surface area contributed by atoms with Crippen molar-refractivity contribution < 1.29 is 9.47 Å². The molecule has 0 aliphatic carbocycles. The van der Waals surface area contributed by atoms with Gasteiger partial charge in [0.2, 0.25) is 0 Å². The monoisotopic (exact) mass is 463 g/mol. The number of benzene rings is 1. The van der Waals surface area contributed by atoms with Crippen molar-refractivity contribution in [3.63, 3.8) is 0 Å². The molecule has 3 heterocycles. The number of nitrogens with zero attached hydrogens (tertiary/aromatic N) is 3. The van der Waals surface area contributed by atoms with E-state index in [1.54, 1.807) is 0 Å². The Bertz CT molecular complexity index is 881. The number of aryl methyl sites for hydroxylation is 1. The Morgan fingerprint density at radius 3 is 3.00 bits per heavy atom. The Balaban J connectivity index is 1.49. The van der Waals surface area contributed by atoms with Crippen LogP contribution in [0.5, 0.6) is 0 Å². The van der Waals surface area contributed by atoms with Gasteiger partial charge < -0.3 is 18.9 Å². The molecule has 0 saturated carbocycles. The van der Waals surface area contributed by atoms with Crippen LogP contribution in [0.15, 0.2) is 48.8 Å². The van der Waals surface area contributed by atoms with Gasteiger partial charge in [-0.3, -0.25) is 0 Å². The minimum Gasteiger partial charge on any atom is -0.377 e. The fraction of sp³-hybridized carbons (Fsp3) is 0.350. The van der Waals surface area contributed by atoms with Crippen LogP contribution >= 0.6 is 22.6 Å². The molecule has 0 spiro atoms. The number of fused-ring (bicyclic) bond motifs is 1. The van der Waals surface area contributed by atoms with Crippen LogP contribution in [0.4, 0.5) is 5.69 Å². The topological polar surface area (TPSA) is 39.5 Å². The van der Waals surface area contributed by atoms with Gasteiger partial charge in [-0.05, 0) is 34.2 Å². The molecule has 1 aliphatic heterocycles. The zero-order valence-corrected chi connectivity index (χ0v) is 16.9. The van der Waals surface area contributed by atoms with Crippen LogP contribution in [0.3, 0.4) is 0 Å². The van der Waals surface area contributed by atoms with E-state index in [1.807, 2.05) is 31.4 Å². The van der Waals surface area contributed by atoms with Crippen molar-refractivity contribution in [2.75, 3.05) is 31.2 Å². The third kappa shape index (κ3) is 3.87. The first-order valence-electron chi connectivity index (χ1n) is 8.79. The van der Waals surface area contributed by atoms with E-state index in [1.165, 1.54) is 14.5 Å². The third-order valence-corrected chi connectivity index (χ3v) is 5.54. The predicted octanol–water partition coefficient (Wildman–Crippen LogP) is 3.60. The zero-order valence-electron chi connectivity index (χ0n) is 14.8. The van der Waals surface area contributed by atoms with Crippen molar-refractivity contribution in [2.24, 2.45) is 7.05 Å². The van der Waals surface area contributed by atoms with E-state index >= 15 is 0 Å². The number of aromatic nitrogens is 2. The first-order valence-corrected chi connectivity index (χ1v) is 9.87. The minimum absolute atomic E-state index is 0.0447. The molecule has 26 heavy (non-hydrogen) atoms. The summed E-state index contributed by atoms with van der Waals surface area (Å²) in [4.78, 5) is 6.98. The smallest absolute Gasteiger partial charge is 0.140 e. The molecule has 136 valence electrons. The number of rotatable bonds is 4. The first-order chi connectivity index (χ1) is 12.7. The fourth-order valence-electron chi connectivity index (χ4n) is 3.28. The lowest BCUT2D eigenvalue weighted by Crippen LogP contribution is -2.34. The lowest BCUT2D eigenvalue weighted by molar-refractivity contribution is -0.00795. The second-order valence-corrected chi connectivity index (χ2v) is 7.75. The lowest BCUT2D eigenvalue weighted by atomic mass is 10.2. The summed E-state index contributed by atoms with van der Waals surface area (Å²) in [5, 5.41) is 1.19. The molecular weight excluding hydrogens is 441 g/mol. The van der Waals surface area contributed by atoms with Gasteiger partial charge in [-0.25, -0.2) is 4.98 Å². The van der Waals surface area contributed by atoms with Gasteiger partial charge in [-0.1, -0.05) is 30.3 Å². The summed E-state index contributed by atoms with van der Waals surface area (Å²) in [5.41, 5.74) is 3.33. The van der Waals surface area contributed by atoms with Crippen molar-refractivity contribution in [1.29, 1.82) is 0 Å². The Hall–Kier alpha value is -1.64. The number of hydrogen-bond acceptors (Lipinski definition) is 4. The van der Waals surface area contributed by atoms with E-state index in [0.29, 0.717) is 19.8 Å². The molecule has 6 heteroatoms. The highest BCUT2D eigenvalue weighted by Gasteiger charge is 2.20. The van der Waals surface area contributed by atoms with Crippen LogP contribution in [0.25, 0.3) is 11.0 Å². The van der Waals surface area contributed by atoms with Crippen LogP contribution in [0.1, 0.15) is 5.56 Å². The number of hydrogen-bond donors (Lipinski definition) is 0. The van der Waals surface area contributed by atoms with Crippen LogP contribution < -0.4 is 4.90 Å². The highest BCUT2D eigenvalue weighted by Crippen LogP contribution is 2.26. The van der Waals surface area contributed by atoms with Gasteiger partial charge in [0.05, 0.1) is 37.8 Å². The van der Waals surface area contributed by atoms with Gasteiger partial charge in [-0.15, -0.1) is 0 Å². The Kier molecular flexibility index (Phi) is 5.42. The SMILES string of the molecule is Cn1cc(I)c2cc(N3CCOCC(OCc4ccccc4)C3)cnc21. The Morgan fingerprint density at radius 2 is 2.15 bits per heavy atom. The number of ether oxygens (including phenoxy) is 2. The maximum absolute atomic E-state index is 6.12. The average Bonchev–Trinajstić information content (AvgIpc) is 2.84. The predicted molar refractivity (Wildman–Crippen MR) is 111 cm³/mol. The van der Waals surface area contributed by atoms with Gasteiger partial charge in [0.25, 0.3) is 0 Å². The molecule has 1 fully saturated rings. The van der Waals surface area contributed by atoms with Gasteiger partial charge >= 0.3 is 0 Å². The molecule has 4 rings (SSSR count). The van der Waals surface area contributed by atoms with Crippen LogP contribution in [0, 0.1) is 3.57 Å². The molecule has 3 aromatic rings. The standard InChI is InChI=1S/C20H22IN3O2/c1-23-12-19(21)18-9-16(10-22-20(18)23)24-7-8-25-14-17(11-24)26-13-15-5-3-2-4-6-15/h2-6,9-10,12,17H,7-8,11,13-14H2,1H3. The van der Waals surface area contributed by atoms with Crippen molar-refractivity contribution in [3.05, 3.63) is 57.9 Å². The van der Waals surface area contributed by atoms with E-state index < -0.39 is 0 Å². The van der Waals surface area contributed by atoms with Crippen molar-refractivity contribution in [2.45, 2.75) is 12.7 Å². The molecule has 1 unspecified atom stereocenters. The van der Waals surface area contributed by atoms with Crippen molar-refractivity contribution in [1.82, 2.24) is 9.55 Å². The first kappa shape index (κ1) is 17.8. The highest BCUT2D eigenvalue weighted by molar-refractivity contribution is 14.1. The van der Waals surface area contributed by atoms with Crippen LogP contribution in [-0.2, 0) is 23.1 Å². The molecule has 1 aliphatic rings. The largest absolute Gasteiger partial charge is 0.377 e. The third-order valence-electron chi connectivity index (χ3n) is 4.68. The molecule has 1 saturated heterocycles. The quantitative estimate of drug-likeness (QED) is 0.555. The number of halogens is 1. The van der Waals surface area contributed by atoms with Gasteiger partial charge in [0, 0.05) is 35.3 Å². The normalized spacial score (nSPS) is 18.2. The second kappa shape index (κ2) is 7.94. The molecule has 1 aromatic carbocycles. The van der Waals surface area contributed by atoms with E-state index in [2.05, 4.69) is 61.4 Å². The van der Waals surface area contributed by atoms with Crippen LogP contribution in [-0.4, -0.2) is 42.0 Å². The average molecular weight is 463 g/mol. The summed E-state index contributed by atoms with van der Waals surface area (Å²) in [7, 11) is 2.03. The molecular formula is C20H22IN3O2. The van der Waals surface area contributed by atoms with Gasteiger partial charge in [0.15, 0.2) is 0 Å². The summed E-state index contributed by atoms with van der Waals surface area (Å²) in [5.74, 6) is 0. The summed E-state index contributed by atoms with van der Waals surface area (Å²) < 4.78 is 15.2. The summed E-state index contributed by atoms with van der Waals surface area (Å²) in [6, 6.07) is 12.5. The molecule has 0 amide bonds. The zero-order chi connectivity index (χ0) is 17.9. The van der Waals surface area contributed by atoms with E-state index in [-0.39, 0.29) is 6.10 Å². The Morgan fingerprint density at radius 1 is 1.31 bits per heavy atom. The number of pyridine rings is 1.